The number of ether oxygens (including phenoxy) is 1. The van der Waals surface area contributed by atoms with Crippen LogP contribution in [0.5, 0.6) is 0 Å². The Morgan fingerprint density at radius 3 is 2.32 bits per heavy atom. The molecule has 1 aliphatic rings. The lowest BCUT2D eigenvalue weighted by atomic mass is 10.0. The Morgan fingerprint density at radius 2 is 1.82 bits per heavy atom. The zero-order valence-electron chi connectivity index (χ0n) is 12.0. The SMILES string of the molecule is CC(C)(C)OC(=O)N1C(=O)c2ccc(F)cc2[C@H]1C(F)(F)F. The molecule has 0 saturated carbocycles. The normalized spacial score (nSPS) is 18.4. The summed E-state index contributed by atoms with van der Waals surface area (Å²) in [7, 11) is 0. The Hall–Kier alpha value is -2.12. The molecule has 22 heavy (non-hydrogen) atoms. The van der Waals surface area contributed by atoms with Crippen LogP contribution in [-0.4, -0.2) is 28.7 Å². The first-order valence-electron chi connectivity index (χ1n) is 6.34. The summed E-state index contributed by atoms with van der Waals surface area (Å²) in [6, 6.07) is -0.158. The fraction of sp³-hybridized carbons (Fsp3) is 0.429. The second kappa shape index (κ2) is 4.96. The molecule has 0 bridgehead atoms. The molecule has 8 heteroatoms. The molecule has 0 spiro atoms. The van der Waals surface area contributed by atoms with Crippen molar-refractivity contribution in [2.45, 2.75) is 38.6 Å². The summed E-state index contributed by atoms with van der Waals surface area (Å²) in [6.07, 6.45) is -6.36. The molecule has 1 atom stereocenters. The third kappa shape index (κ3) is 2.90. The quantitative estimate of drug-likeness (QED) is 0.683. The van der Waals surface area contributed by atoms with Gasteiger partial charge in [-0.15, -0.1) is 0 Å². The second-order valence-electron chi connectivity index (χ2n) is 5.83. The van der Waals surface area contributed by atoms with E-state index in [0.29, 0.717) is 6.07 Å². The molecule has 4 nitrogen and oxygen atoms in total. The van der Waals surface area contributed by atoms with Crippen molar-refractivity contribution in [3.63, 3.8) is 0 Å². The standard InChI is InChI=1S/C14H13F4NO3/c1-13(2,3)22-12(21)19-10(14(16,17)18)9-6-7(15)4-5-8(9)11(19)20/h4-6,10H,1-3H3/t10-/m0/s1. The van der Waals surface area contributed by atoms with E-state index in [-0.39, 0.29) is 10.5 Å². The first-order chi connectivity index (χ1) is 9.92. The van der Waals surface area contributed by atoms with Crippen LogP contribution in [0.4, 0.5) is 22.4 Å². The number of alkyl halides is 3. The molecule has 0 aliphatic carbocycles. The lowest BCUT2D eigenvalue weighted by Crippen LogP contribution is -2.43. The molecule has 2 amide bonds. The number of hydrogen-bond acceptors (Lipinski definition) is 3. The van der Waals surface area contributed by atoms with E-state index < -0.39 is 41.2 Å². The number of rotatable bonds is 0. The number of carbonyl (C=O) groups is 2. The van der Waals surface area contributed by atoms with Crippen molar-refractivity contribution in [2.75, 3.05) is 0 Å². The van der Waals surface area contributed by atoms with Gasteiger partial charge in [0.1, 0.15) is 11.4 Å². The van der Waals surface area contributed by atoms with Crippen LogP contribution in [0.1, 0.15) is 42.7 Å². The molecular formula is C14H13F4NO3. The predicted molar refractivity (Wildman–Crippen MR) is 67.6 cm³/mol. The van der Waals surface area contributed by atoms with Crippen molar-refractivity contribution in [3.05, 3.63) is 35.1 Å². The maximum atomic E-state index is 13.3. The zero-order chi connectivity index (χ0) is 16.9. The van der Waals surface area contributed by atoms with Crippen molar-refractivity contribution >= 4 is 12.0 Å². The van der Waals surface area contributed by atoms with Crippen LogP contribution in [0.25, 0.3) is 0 Å². The summed E-state index contributed by atoms with van der Waals surface area (Å²) in [6.45, 7) is 4.38. The molecule has 1 aromatic carbocycles. The van der Waals surface area contributed by atoms with Gasteiger partial charge in [0, 0.05) is 5.56 Å². The Morgan fingerprint density at radius 1 is 1.23 bits per heavy atom. The van der Waals surface area contributed by atoms with Crippen LogP contribution in [-0.2, 0) is 4.74 Å². The number of fused-ring (bicyclic) bond motifs is 1. The van der Waals surface area contributed by atoms with Crippen LogP contribution in [0.15, 0.2) is 18.2 Å². The maximum absolute atomic E-state index is 13.3. The number of nitrogens with zero attached hydrogens (tertiary/aromatic N) is 1. The molecule has 0 N–H and O–H groups in total. The van der Waals surface area contributed by atoms with Crippen LogP contribution in [0.2, 0.25) is 0 Å². The summed E-state index contributed by atoms with van der Waals surface area (Å²) >= 11 is 0. The van der Waals surface area contributed by atoms with Crippen LogP contribution < -0.4 is 0 Å². The Kier molecular flexibility index (Phi) is 3.67. The number of imide groups is 1. The van der Waals surface area contributed by atoms with Crippen LogP contribution in [0, 0.1) is 5.82 Å². The Balaban J connectivity index is 2.51. The van der Waals surface area contributed by atoms with Gasteiger partial charge >= 0.3 is 12.3 Å². The monoisotopic (exact) mass is 319 g/mol. The van der Waals surface area contributed by atoms with E-state index in [1.54, 1.807) is 0 Å². The highest BCUT2D eigenvalue weighted by Crippen LogP contribution is 2.45. The summed E-state index contributed by atoms with van der Waals surface area (Å²) in [4.78, 5) is 24.0. The molecule has 0 saturated heterocycles. The third-order valence-corrected chi connectivity index (χ3v) is 2.92. The van der Waals surface area contributed by atoms with Crippen LogP contribution in [0.3, 0.4) is 0 Å². The van der Waals surface area contributed by atoms with E-state index in [2.05, 4.69) is 0 Å². The highest BCUT2D eigenvalue weighted by molar-refractivity contribution is 6.07. The Labute approximate surface area is 123 Å². The number of amides is 2. The van der Waals surface area contributed by atoms with Gasteiger partial charge in [-0.05, 0) is 44.5 Å². The first kappa shape index (κ1) is 16.3. The molecule has 120 valence electrons. The molecule has 0 unspecified atom stereocenters. The van der Waals surface area contributed by atoms with Crippen molar-refractivity contribution < 1.29 is 31.9 Å². The number of carbonyl (C=O) groups excluding carboxylic acids is 2. The maximum Gasteiger partial charge on any atom is 0.418 e. The predicted octanol–water partition coefficient (Wildman–Crippen LogP) is 3.82. The van der Waals surface area contributed by atoms with Crippen molar-refractivity contribution in [1.29, 1.82) is 0 Å². The fourth-order valence-corrected chi connectivity index (χ4v) is 2.16. The van der Waals surface area contributed by atoms with Gasteiger partial charge in [-0.1, -0.05) is 0 Å². The molecule has 1 aromatic rings. The van der Waals surface area contributed by atoms with Gasteiger partial charge in [0.25, 0.3) is 5.91 Å². The summed E-state index contributed by atoms with van der Waals surface area (Å²) in [5.41, 5.74) is -2.04. The third-order valence-electron chi connectivity index (χ3n) is 2.92. The number of halogens is 4. The first-order valence-corrected chi connectivity index (χ1v) is 6.34. The molecule has 1 aliphatic heterocycles. The van der Waals surface area contributed by atoms with E-state index in [1.807, 2.05) is 0 Å². The second-order valence-corrected chi connectivity index (χ2v) is 5.83. The van der Waals surface area contributed by atoms with Gasteiger partial charge in [0.15, 0.2) is 6.04 Å². The molecule has 0 aromatic heterocycles. The summed E-state index contributed by atoms with van der Waals surface area (Å²) in [5, 5.41) is 0. The zero-order valence-corrected chi connectivity index (χ0v) is 12.0. The topological polar surface area (TPSA) is 46.6 Å². The highest BCUT2D eigenvalue weighted by Gasteiger charge is 2.55. The van der Waals surface area contributed by atoms with E-state index in [9.17, 15) is 27.2 Å². The van der Waals surface area contributed by atoms with E-state index in [1.165, 1.54) is 20.8 Å². The molecule has 2 rings (SSSR count). The summed E-state index contributed by atoms with van der Waals surface area (Å²) in [5.74, 6) is -2.08. The average Bonchev–Trinajstić information content (AvgIpc) is 2.59. The fourth-order valence-electron chi connectivity index (χ4n) is 2.16. The smallest absolute Gasteiger partial charge is 0.418 e. The van der Waals surface area contributed by atoms with Gasteiger partial charge in [0.05, 0.1) is 0 Å². The number of hydrogen-bond donors (Lipinski definition) is 0. The van der Waals surface area contributed by atoms with Crippen LogP contribution >= 0.6 is 0 Å². The van der Waals surface area contributed by atoms with Crippen molar-refractivity contribution in [2.24, 2.45) is 0 Å². The van der Waals surface area contributed by atoms with Gasteiger partial charge in [-0.3, -0.25) is 4.79 Å². The van der Waals surface area contributed by atoms with Gasteiger partial charge in [0.2, 0.25) is 0 Å². The van der Waals surface area contributed by atoms with Gasteiger partial charge in [-0.2, -0.15) is 13.2 Å². The average molecular weight is 319 g/mol. The van der Waals surface area contributed by atoms with Gasteiger partial charge < -0.3 is 4.74 Å². The summed E-state index contributed by atoms with van der Waals surface area (Å²) < 4.78 is 57.9. The van der Waals surface area contributed by atoms with E-state index in [4.69, 9.17) is 4.74 Å². The lowest BCUT2D eigenvalue weighted by Gasteiger charge is -2.28. The van der Waals surface area contributed by atoms with Gasteiger partial charge in [-0.25, -0.2) is 14.1 Å². The molecular weight excluding hydrogens is 306 g/mol. The molecule has 1 heterocycles. The number of benzene rings is 1. The minimum Gasteiger partial charge on any atom is -0.443 e. The van der Waals surface area contributed by atoms with E-state index >= 15 is 0 Å². The minimum absolute atomic E-state index is 0.0185. The Bertz CT molecular complexity index is 634. The molecule has 0 fully saturated rings. The molecule has 0 radical (unpaired) electrons. The minimum atomic E-state index is -4.94. The highest BCUT2D eigenvalue weighted by atomic mass is 19.4. The lowest BCUT2D eigenvalue weighted by molar-refractivity contribution is -0.174. The van der Waals surface area contributed by atoms with Crippen molar-refractivity contribution in [1.82, 2.24) is 4.90 Å². The largest absolute Gasteiger partial charge is 0.443 e. The van der Waals surface area contributed by atoms with E-state index in [0.717, 1.165) is 12.1 Å². The van der Waals surface area contributed by atoms with Crippen molar-refractivity contribution in [3.8, 4) is 0 Å².